The number of halogens is 1. The van der Waals surface area contributed by atoms with Crippen molar-refractivity contribution in [3.8, 4) is 0 Å². The van der Waals surface area contributed by atoms with Crippen LogP contribution in [-0.4, -0.2) is 72.2 Å². The summed E-state index contributed by atoms with van der Waals surface area (Å²) in [6.45, 7) is 5.99. The highest BCUT2D eigenvalue weighted by Gasteiger charge is 2.47. The number of pyridine rings is 1. The van der Waals surface area contributed by atoms with Gasteiger partial charge in [0.2, 0.25) is 0 Å². The van der Waals surface area contributed by atoms with Gasteiger partial charge in [-0.05, 0) is 81.6 Å². The van der Waals surface area contributed by atoms with Gasteiger partial charge in [-0.25, -0.2) is 9.18 Å². The molecule has 7 nitrogen and oxygen atoms in total. The van der Waals surface area contributed by atoms with E-state index in [-0.39, 0.29) is 23.2 Å². The number of amides is 2. The molecule has 1 spiro atoms. The van der Waals surface area contributed by atoms with Crippen molar-refractivity contribution in [1.82, 2.24) is 14.8 Å². The summed E-state index contributed by atoms with van der Waals surface area (Å²) in [6, 6.07) is 10.5. The zero-order chi connectivity index (χ0) is 23.7. The summed E-state index contributed by atoms with van der Waals surface area (Å²) in [5.41, 5.74) is 1.90. The summed E-state index contributed by atoms with van der Waals surface area (Å²) in [5, 5.41) is 0. The number of rotatable bonds is 3. The van der Waals surface area contributed by atoms with E-state index in [0.29, 0.717) is 38.0 Å². The normalized spacial score (nSPS) is 20.4. The van der Waals surface area contributed by atoms with Gasteiger partial charge in [0.15, 0.2) is 0 Å². The van der Waals surface area contributed by atoms with Crippen molar-refractivity contribution in [3.63, 3.8) is 0 Å². The van der Waals surface area contributed by atoms with Crippen molar-refractivity contribution >= 4 is 17.7 Å². The molecule has 8 heteroatoms. The van der Waals surface area contributed by atoms with Gasteiger partial charge >= 0.3 is 6.09 Å². The number of fused-ring (bicyclic) bond motifs is 2. The molecular formula is C26H31FN4O3. The van der Waals surface area contributed by atoms with Crippen LogP contribution < -0.4 is 4.90 Å². The van der Waals surface area contributed by atoms with Gasteiger partial charge in [-0.2, -0.15) is 0 Å². The van der Waals surface area contributed by atoms with E-state index in [4.69, 9.17) is 4.74 Å². The van der Waals surface area contributed by atoms with Crippen LogP contribution in [0.25, 0.3) is 0 Å². The van der Waals surface area contributed by atoms with Gasteiger partial charge < -0.3 is 19.4 Å². The Balaban J connectivity index is 1.29. The van der Waals surface area contributed by atoms with Crippen LogP contribution in [0.3, 0.4) is 0 Å². The Bertz CT molecular complexity index is 1050. The molecule has 3 aliphatic rings. The van der Waals surface area contributed by atoms with E-state index in [1.54, 1.807) is 40.3 Å². The zero-order valence-corrected chi connectivity index (χ0v) is 19.6. The highest BCUT2D eigenvalue weighted by Crippen LogP contribution is 2.48. The highest BCUT2D eigenvalue weighted by atomic mass is 19.1. The van der Waals surface area contributed by atoms with E-state index >= 15 is 0 Å². The smallest absolute Gasteiger partial charge is 0.409 e. The van der Waals surface area contributed by atoms with Crippen molar-refractivity contribution in [3.05, 3.63) is 59.7 Å². The van der Waals surface area contributed by atoms with Crippen molar-refractivity contribution < 1.29 is 18.7 Å². The number of anilines is 1. The molecule has 34 heavy (non-hydrogen) atoms. The topological polar surface area (TPSA) is 66.0 Å². The number of carbonyl (C=O) groups excluding carboxylic acids is 2. The van der Waals surface area contributed by atoms with E-state index in [9.17, 15) is 14.0 Å². The standard InChI is InChI=1S/C26H31FN4O3/c1-2-34-25(33)30-13-8-20(9-14-30)29-15-10-26(11-16-29)18-31(23-7-6-19(27)17-21(23)26)24(32)22-5-3-4-12-28-22/h3-7,12,17,20H,2,8-11,13-16,18H2,1H3. The lowest BCUT2D eigenvalue weighted by Gasteiger charge is -2.45. The number of aromatic nitrogens is 1. The summed E-state index contributed by atoms with van der Waals surface area (Å²) in [4.78, 5) is 35.6. The summed E-state index contributed by atoms with van der Waals surface area (Å²) >= 11 is 0. The third-order valence-corrected chi connectivity index (χ3v) is 7.67. The monoisotopic (exact) mass is 466 g/mol. The predicted octanol–water partition coefficient (Wildman–Crippen LogP) is 3.84. The average Bonchev–Trinajstić information content (AvgIpc) is 3.18. The third-order valence-electron chi connectivity index (χ3n) is 7.67. The van der Waals surface area contributed by atoms with E-state index in [1.165, 1.54) is 6.07 Å². The number of nitrogens with zero attached hydrogens (tertiary/aromatic N) is 4. The molecule has 2 saturated heterocycles. The molecular weight excluding hydrogens is 435 g/mol. The Morgan fingerprint density at radius 3 is 2.56 bits per heavy atom. The van der Waals surface area contributed by atoms with Gasteiger partial charge in [0.05, 0.1) is 6.61 Å². The average molecular weight is 467 g/mol. The Morgan fingerprint density at radius 1 is 1.12 bits per heavy atom. The summed E-state index contributed by atoms with van der Waals surface area (Å²) in [7, 11) is 0. The first kappa shape index (κ1) is 22.8. The number of carbonyl (C=O) groups is 2. The molecule has 2 amide bonds. The van der Waals surface area contributed by atoms with E-state index in [1.807, 2.05) is 13.0 Å². The summed E-state index contributed by atoms with van der Waals surface area (Å²) < 4.78 is 19.4. The lowest BCUT2D eigenvalue weighted by molar-refractivity contribution is 0.0576. The molecule has 180 valence electrons. The minimum atomic E-state index is -0.265. The maximum absolute atomic E-state index is 14.3. The first-order valence-electron chi connectivity index (χ1n) is 12.2. The van der Waals surface area contributed by atoms with Crippen LogP contribution in [0, 0.1) is 5.82 Å². The number of piperidine rings is 2. The first-order chi connectivity index (χ1) is 16.5. The van der Waals surface area contributed by atoms with Gasteiger partial charge in [-0.1, -0.05) is 6.07 Å². The molecule has 1 aromatic carbocycles. The zero-order valence-electron chi connectivity index (χ0n) is 19.6. The maximum Gasteiger partial charge on any atom is 0.409 e. The Labute approximate surface area is 199 Å². The molecule has 0 N–H and O–H groups in total. The third kappa shape index (κ3) is 4.15. The molecule has 1 aromatic heterocycles. The predicted molar refractivity (Wildman–Crippen MR) is 126 cm³/mol. The molecule has 0 saturated carbocycles. The second kappa shape index (κ2) is 9.33. The molecule has 2 fully saturated rings. The number of benzene rings is 1. The molecule has 0 radical (unpaired) electrons. The van der Waals surface area contributed by atoms with Crippen LogP contribution in [0.4, 0.5) is 14.9 Å². The van der Waals surface area contributed by atoms with Crippen LogP contribution in [0.15, 0.2) is 42.6 Å². The molecule has 0 bridgehead atoms. The van der Waals surface area contributed by atoms with Crippen LogP contribution in [0.5, 0.6) is 0 Å². The Kier molecular flexibility index (Phi) is 6.25. The van der Waals surface area contributed by atoms with Crippen LogP contribution >= 0.6 is 0 Å². The van der Waals surface area contributed by atoms with E-state index in [2.05, 4.69) is 9.88 Å². The van der Waals surface area contributed by atoms with Crippen LogP contribution in [-0.2, 0) is 10.2 Å². The van der Waals surface area contributed by atoms with Gasteiger partial charge in [0, 0.05) is 43.0 Å². The van der Waals surface area contributed by atoms with Gasteiger partial charge in [-0.3, -0.25) is 9.78 Å². The lowest BCUT2D eigenvalue weighted by Crippen LogP contribution is -2.52. The second-order valence-corrected chi connectivity index (χ2v) is 9.50. The minimum Gasteiger partial charge on any atom is -0.450 e. The molecule has 0 aliphatic carbocycles. The molecule has 5 rings (SSSR count). The van der Waals surface area contributed by atoms with Gasteiger partial charge in [-0.15, -0.1) is 0 Å². The number of hydrogen-bond acceptors (Lipinski definition) is 5. The molecule has 4 heterocycles. The summed E-state index contributed by atoms with van der Waals surface area (Å²) in [5.74, 6) is -0.405. The Hall–Kier alpha value is -3.00. The fourth-order valence-electron chi connectivity index (χ4n) is 5.82. The van der Waals surface area contributed by atoms with Crippen LogP contribution in [0.2, 0.25) is 0 Å². The summed E-state index contributed by atoms with van der Waals surface area (Å²) in [6.07, 6.45) is 5.00. The van der Waals surface area contributed by atoms with Gasteiger partial charge in [0.25, 0.3) is 5.91 Å². The first-order valence-corrected chi connectivity index (χ1v) is 12.2. The number of ether oxygens (including phenoxy) is 1. The highest BCUT2D eigenvalue weighted by molar-refractivity contribution is 6.06. The fraction of sp³-hybridized carbons (Fsp3) is 0.500. The van der Waals surface area contributed by atoms with Crippen molar-refractivity contribution in [1.29, 1.82) is 0 Å². The Morgan fingerprint density at radius 2 is 1.88 bits per heavy atom. The molecule has 3 aliphatic heterocycles. The van der Waals surface area contributed by atoms with E-state index < -0.39 is 0 Å². The van der Waals surface area contributed by atoms with Crippen molar-refractivity contribution in [2.24, 2.45) is 0 Å². The van der Waals surface area contributed by atoms with Gasteiger partial charge in [0.1, 0.15) is 11.5 Å². The quantitative estimate of drug-likeness (QED) is 0.688. The largest absolute Gasteiger partial charge is 0.450 e. The lowest BCUT2D eigenvalue weighted by atomic mass is 9.74. The molecule has 2 aromatic rings. The minimum absolute atomic E-state index is 0.140. The van der Waals surface area contributed by atoms with Crippen molar-refractivity contribution in [2.45, 2.75) is 44.1 Å². The maximum atomic E-state index is 14.3. The number of likely N-dealkylation sites (tertiary alicyclic amines) is 2. The van der Waals surface area contributed by atoms with Crippen molar-refractivity contribution in [2.75, 3.05) is 44.2 Å². The van der Waals surface area contributed by atoms with Crippen LogP contribution in [0.1, 0.15) is 48.7 Å². The number of hydrogen-bond donors (Lipinski definition) is 0. The molecule has 0 unspecified atom stereocenters. The second-order valence-electron chi connectivity index (χ2n) is 9.50. The SMILES string of the molecule is CCOC(=O)N1CCC(N2CCC3(CC2)CN(C(=O)c2ccccn2)c2ccc(F)cc23)CC1. The molecule has 0 atom stereocenters. The fourth-order valence-corrected chi connectivity index (χ4v) is 5.82. The van der Waals surface area contributed by atoms with E-state index in [0.717, 1.165) is 50.0 Å².